The van der Waals surface area contributed by atoms with Gasteiger partial charge in [0.2, 0.25) is 0 Å². The molecule has 2 aromatic carbocycles. The Morgan fingerprint density at radius 3 is 2.16 bits per heavy atom. The van der Waals surface area contributed by atoms with Crippen molar-refractivity contribution in [2.75, 3.05) is 18.0 Å². The van der Waals surface area contributed by atoms with Gasteiger partial charge in [0.15, 0.2) is 0 Å². The Kier molecular flexibility index (Phi) is 7.45. The normalized spacial score (nSPS) is 18.2. The summed E-state index contributed by atoms with van der Waals surface area (Å²) in [7, 11) is 1.74. The van der Waals surface area contributed by atoms with Crippen LogP contribution in [0.15, 0.2) is 71.5 Å². The van der Waals surface area contributed by atoms with Crippen LogP contribution in [0.5, 0.6) is 0 Å². The maximum Gasteiger partial charge on any atom is 0.252 e. The molecule has 0 amide bonds. The molecule has 0 radical (unpaired) electrons. The molecule has 1 fully saturated rings. The summed E-state index contributed by atoms with van der Waals surface area (Å²) in [6.45, 7) is 5.90. The fourth-order valence-corrected chi connectivity index (χ4v) is 6.01. The average Bonchev–Trinajstić information content (AvgIpc) is 2.93. The Labute approximate surface area is 232 Å². The van der Waals surface area contributed by atoms with E-state index in [2.05, 4.69) is 59.0 Å². The smallest absolute Gasteiger partial charge is 0.252 e. The zero-order valence-electron chi connectivity index (χ0n) is 21.6. The van der Waals surface area contributed by atoms with Crippen molar-refractivity contribution in [1.29, 1.82) is 5.26 Å². The maximum absolute atomic E-state index is 12.9. The first-order valence-electron chi connectivity index (χ1n) is 12.8. The summed E-state index contributed by atoms with van der Waals surface area (Å²) in [6.07, 6.45) is 0.875. The van der Waals surface area contributed by atoms with Gasteiger partial charge in [0.25, 0.3) is 5.56 Å². The van der Waals surface area contributed by atoms with Crippen molar-refractivity contribution in [3.63, 3.8) is 0 Å². The zero-order chi connectivity index (χ0) is 27.0. The molecular formula is C30H29Cl2N5O. The second-order valence-electron chi connectivity index (χ2n) is 9.76. The molecule has 1 aliphatic rings. The minimum Gasteiger partial charge on any atom is -0.364 e. The van der Waals surface area contributed by atoms with Crippen LogP contribution in [-0.4, -0.2) is 39.6 Å². The minimum absolute atomic E-state index is 0.0134. The van der Waals surface area contributed by atoms with Crippen LogP contribution in [0.4, 0.5) is 5.69 Å². The Balaban J connectivity index is 1.58. The summed E-state index contributed by atoms with van der Waals surface area (Å²) < 4.78 is 1.59. The van der Waals surface area contributed by atoms with Crippen molar-refractivity contribution in [1.82, 2.24) is 14.5 Å². The molecule has 194 valence electrons. The molecule has 8 heteroatoms. The third-order valence-electron chi connectivity index (χ3n) is 7.69. The molecule has 1 unspecified atom stereocenters. The van der Waals surface area contributed by atoms with Crippen molar-refractivity contribution >= 4 is 39.9 Å². The molecule has 1 saturated heterocycles. The van der Waals surface area contributed by atoms with Gasteiger partial charge in [0.1, 0.15) is 17.3 Å². The van der Waals surface area contributed by atoms with E-state index in [-0.39, 0.29) is 23.7 Å². The summed E-state index contributed by atoms with van der Waals surface area (Å²) in [4.78, 5) is 22.4. The lowest BCUT2D eigenvalue weighted by atomic mass is 9.91. The molecule has 0 spiro atoms. The fourth-order valence-electron chi connectivity index (χ4n) is 5.76. The van der Waals surface area contributed by atoms with Gasteiger partial charge in [-0.2, -0.15) is 5.26 Å². The monoisotopic (exact) mass is 545 g/mol. The molecule has 6 nitrogen and oxygen atoms in total. The van der Waals surface area contributed by atoms with Crippen LogP contribution in [0.3, 0.4) is 0 Å². The van der Waals surface area contributed by atoms with Crippen LogP contribution < -0.4 is 10.5 Å². The van der Waals surface area contributed by atoms with Crippen LogP contribution in [0, 0.1) is 11.3 Å². The lowest BCUT2D eigenvalue weighted by molar-refractivity contribution is 0.116. The number of fused-ring (bicyclic) bond motifs is 1. The Morgan fingerprint density at radius 1 is 1.00 bits per heavy atom. The number of pyridine rings is 2. The highest BCUT2D eigenvalue weighted by Gasteiger charge is 2.38. The second kappa shape index (κ2) is 10.8. The summed E-state index contributed by atoms with van der Waals surface area (Å²) in [5.74, 6) is 0. The number of anilines is 1. The molecule has 0 N–H and O–H groups in total. The molecule has 1 aliphatic heterocycles. The third kappa shape index (κ3) is 4.78. The van der Waals surface area contributed by atoms with Gasteiger partial charge in [-0.05, 0) is 60.9 Å². The van der Waals surface area contributed by atoms with E-state index in [0.717, 1.165) is 35.3 Å². The SMILES string of the molecule is CC[C@@H]1C(C)N(C(c2ccc(Cl)cc2)c2ccc(Cl)cc2)CCN1c1cc(=O)n(C)c2ccc(C#N)nc12. The van der Waals surface area contributed by atoms with E-state index in [1.165, 1.54) is 0 Å². The van der Waals surface area contributed by atoms with E-state index in [9.17, 15) is 10.1 Å². The number of nitriles is 1. The largest absolute Gasteiger partial charge is 0.364 e. The van der Waals surface area contributed by atoms with Crippen LogP contribution in [-0.2, 0) is 7.05 Å². The maximum atomic E-state index is 12.9. The van der Waals surface area contributed by atoms with Crippen molar-refractivity contribution in [3.05, 3.63) is 104 Å². The summed E-state index contributed by atoms with van der Waals surface area (Å²) in [6, 6.07) is 23.6. The molecule has 38 heavy (non-hydrogen) atoms. The van der Waals surface area contributed by atoms with Gasteiger partial charge in [-0.25, -0.2) is 4.98 Å². The zero-order valence-corrected chi connectivity index (χ0v) is 23.1. The standard InChI is InChI=1S/C30H29Cl2N5O/c1-4-25-19(2)36(30(20-5-9-22(31)10-6-20)21-7-11-23(32)12-8-21)15-16-37(25)27-17-28(38)35(3)26-14-13-24(18-33)34-29(26)27/h5-14,17,19,25,30H,4,15-16H2,1-3H3/t19?,25-/m1/s1. The van der Waals surface area contributed by atoms with E-state index in [0.29, 0.717) is 27.8 Å². The first kappa shape index (κ1) is 26.2. The van der Waals surface area contributed by atoms with Crippen molar-refractivity contribution in [2.24, 2.45) is 7.05 Å². The fraction of sp³-hybridized carbons (Fsp3) is 0.300. The van der Waals surface area contributed by atoms with Gasteiger partial charge in [-0.1, -0.05) is 54.4 Å². The van der Waals surface area contributed by atoms with Crippen LogP contribution in [0.1, 0.15) is 43.1 Å². The topological polar surface area (TPSA) is 65.2 Å². The number of benzene rings is 2. The van der Waals surface area contributed by atoms with Gasteiger partial charge < -0.3 is 9.47 Å². The van der Waals surface area contributed by atoms with Gasteiger partial charge >= 0.3 is 0 Å². The van der Waals surface area contributed by atoms with Gasteiger partial charge in [0.05, 0.1) is 17.2 Å². The van der Waals surface area contributed by atoms with Gasteiger partial charge in [-0.15, -0.1) is 0 Å². The lowest BCUT2D eigenvalue weighted by Gasteiger charge is -2.50. The quantitative estimate of drug-likeness (QED) is 0.299. The second-order valence-corrected chi connectivity index (χ2v) is 10.6. The van der Waals surface area contributed by atoms with Crippen molar-refractivity contribution in [3.8, 4) is 6.07 Å². The lowest BCUT2D eigenvalue weighted by Crippen LogP contribution is -2.59. The summed E-state index contributed by atoms with van der Waals surface area (Å²) in [5, 5.41) is 10.9. The number of nitrogens with zero attached hydrogens (tertiary/aromatic N) is 5. The molecule has 3 heterocycles. The number of rotatable bonds is 5. The Hall–Kier alpha value is -3.37. The number of hydrogen-bond donors (Lipinski definition) is 0. The van der Waals surface area contributed by atoms with Crippen LogP contribution in [0.25, 0.3) is 11.0 Å². The summed E-state index contributed by atoms with van der Waals surface area (Å²) in [5.41, 5.74) is 4.74. The first-order valence-corrected chi connectivity index (χ1v) is 13.5. The van der Waals surface area contributed by atoms with Gasteiger partial charge in [-0.3, -0.25) is 9.69 Å². The van der Waals surface area contributed by atoms with E-state index in [4.69, 9.17) is 23.2 Å². The highest BCUT2D eigenvalue weighted by Crippen LogP contribution is 2.37. The molecule has 0 aliphatic carbocycles. The third-order valence-corrected chi connectivity index (χ3v) is 8.20. The Morgan fingerprint density at radius 2 is 1.61 bits per heavy atom. The predicted molar refractivity (Wildman–Crippen MR) is 154 cm³/mol. The highest BCUT2D eigenvalue weighted by atomic mass is 35.5. The van der Waals surface area contributed by atoms with Crippen molar-refractivity contribution in [2.45, 2.75) is 38.4 Å². The molecule has 2 aromatic heterocycles. The molecule has 5 rings (SSSR count). The molecule has 2 atom stereocenters. The van der Waals surface area contributed by atoms with E-state index >= 15 is 0 Å². The number of piperazine rings is 1. The van der Waals surface area contributed by atoms with E-state index in [1.807, 2.05) is 30.3 Å². The number of halogens is 2. The minimum atomic E-state index is -0.0934. The molecule has 4 aromatic rings. The number of hydrogen-bond acceptors (Lipinski definition) is 5. The van der Waals surface area contributed by atoms with E-state index in [1.54, 1.807) is 23.7 Å². The number of aryl methyl sites for hydroxylation is 1. The summed E-state index contributed by atoms with van der Waals surface area (Å²) >= 11 is 12.5. The average molecular weight is 547 g/mol. The highest BCUT2D eigenvalue weighted by molar-refractivity contribution is 6.30. The molecule has 0 bridgehead atoms. The molecule has 0 saturated carbocycles. The van der Waals surface area contributed by atoms with Gasteiger partial charge in [0, 0.05) is 48.3 Å². The predicted octanol–water partition coefficient (Wildman–Crippen LogP) is 6.19. The molecular weight excluding hydrogens is 517 g/mol. The first-order chi connectivity index (χ1) is 18.3. The Bertz CT molecular complexity index is 1510. The van der Waals surface area contributed by atoms with Crippen molar-refractivity contribution < 1.29 is 0 Å². The van der Waals surface area contributed by atoms with Crippen LogP contribution >= 0.6 is 23.2 Å². The number of aromatic nitrogens is 2. The van der Waals surface area contributed by atoms with E-state index < -0.39 is 0 Å². The van der Waals surface area contributed by atoms with Crippen LogP contribution in [0.2, 0.25) is 10.0 Å².